The van der Waals surface area contributed by atoms with Gasteiger partial charge in [0.1, 0.15) is 12.4 Å². The first kappa shape index (κ1) is 20.0. The summed E-state index contributed by atoms with van der Waals surface area (Å²) in [5, 5.41) is 7.64. The van der Waals surface area contributed by atoms with Gasteiger partial charge in [-0.25, -0.2) is 9.78 Å². The number of benzene rings is 1. The summed E-state index contributed by atoms with van der Waals surface area (Å²) < 4.78 is 10.9. The van der Waals surface area contributed by atoms with Crippen molar-refractivity contribution in [3.63, 3.8) is 0 Å². The van der Waals surface area contributed by atoms with Crippen LogP contribution < -0.4 is 10.1 Å². The highest BCUT2D eigenvalue weighted by Gasteiger charge is 2.18. The summed E-state index contributed by atoms with van der Waals surface area (Å²) >= 11 is 3.13. The van der Waals surface area contributed by atoms with Gasteiger partial charge in [-0.2, -0.15) is 0 Å². The highest BCUT2D eigenvalue weighted by molar-refractivity contribution is 7.10. The zero-order chi connectivity index (χ0) is 19.9. The number of aromatic nitrogens is 1. The molecule has 0 bridgehead atoms. The first-order valence-corrected chi connectivity index (χ1v) is 10.4. The molecule has 1 atom stereocenters. The number of thiazole rings is 1. The molecular formula is C20H20N2O4S2. The summed E-state index contributed by atoms with van der Waals surface area (Å²) in [4.78, 5) is 29.7. The lowest BCUT2D eigenvalue weighted by molar-refractivity contribution is -0.129. The van der Waals surface area contributed by atoms with Crippen molar-refractivity contribution in [2.45, 2.75) is 33.1 Å². The SMILES string of the molecule is Cc1nc(COc2ccc(C(=O)O[C@H](C)C(=O)NCc3cccs3)cc2)cs1. The van der Waals surface area contributed by atoms with Gasteiger partial charge in [-0.3, -0.25) is 4.79 Å². The van der Waals surface area contributed by atoms with Gasteiger partial charge < -0.3 is 14.8 Å². The summed E-state index contributed by atoms with van der Waals surface area (Å²) in [5.74, 6) is -0.260. The quantitative estimate of drug-likeness (QED) is 0.563. The van der Waals surface area contributed by atoms with E-state index in [9.17, 15) is 9.59 Å². The lowest BCUT2D eigenvalue weighted by Crippen LogP contribution is -2.35. The molecule has 0 radical (unpaired) electrons. The Morgan fingerprint density at radius 3 is 2.61 bits per heavy atom. The van der Waals surface area contributed by atoms with E-state index < -0.39 is 12.1 Å². The van der Waals surface area contributed by atoms with Gasteiger partial charge in [-0.05, 0) is 49.6 Å². The lowest BCUT2D eigenvalue weighted by Gasteiger charge is -2.13. The summed E-state index contributed by atoms with van der Waals surface area (Å²) in [6, 6.07) is 10.5. The average molecular weight is 417 g/mol. The van der Waals surface area contributed by atoms with Gasteiger partial charge >= 0.3 is 5.97 Å². The Bertz CT molecular complexity index is 920. The predicted octanol–water partition coefficient (Wildman–Crippen LogP) is 3.95. The number of thiophene rings is 1. The van der Waals surface area contributed by atoms with Crippen LogP contribution in [0.2, 0.25) is 0 Å². The van der Waals surface area contributed by atoms with Gasteiger partial charge in [0.2, 0.25) is 0 Å². The summed E-state index contributed by atoms with van der Waals surface area (Å²) in [6.45, 7) is 4.28. The molecular weight excluding hydrogens is 396 g/mol. The van der Waals surface area contributed by atoms with Crippen molar-refractivity contribution in [1.82, 2.24) is 10.3 Å². The molecule has 0 saturated carbocycles. The smallest absolute Gasteiger partial charge is 0.338 e. The maximum absolute atomic E-state index is 12.2. The third-order valence-corrected chi connectivity index (χ3v) is 5.51. The second-order valence-corrected chi connectivity index (χ2v) is 8.11. The van der Waals surface area contributed by atoms with Crippen molar-refractivity contribution in [3.05, 3.63) is 68.3 Å². The van der Waals surface area contributed by atoms with Crippen LogP contribution in [0.3, 0.4) is 0 Å². The van der Waals surface area contributed by atoms with Gasteiger partial charge in [0.15, 0.2) is 6.10 Å². The molecule has 6 nitrogen and oxygen atoms in total. The zero-order valence-corrected chi connectivity index (χ0v) is 17.1. The van der Waals surface area contributed by atoms with Crippen molar-refractivity contribution in [1.29, 1.82) is 0 Å². The minimum absolute atomic E-state index is 0.333. The third-order valence-electron chi connectivity index (χ3n) is 3.81. The van der Waals surface area contributed by atoms with E-state index in [0.29, 0.717) is 24.5 Å². The highest BCUT2D eigenvalue weighted by atomic mass is 32.1. The van der Waals surface area contributed by atoms with Crippen molar-refractivity contribution in [3.8, 4) is 5.75 Å². The van der Waals surface area contributed by atoms with Gasteiger partial charge in [0.25, 0.3) is 5.91 Å². The van der Waals surface area contributed by atoms with Gasteiger partial charge in [0, 0.05) is 10.3 Å². The fourth-order valence-electron chi connectivity index (χ4n) is 2.33. The molecule has 1 N–H and O–H groups in total. The molecule has 3 aromatic rings. The van der Waals surface area contributed by atoms with Gasteiger partial charge in [-0.15, -0.1) is 22.7 Å². The van der Waals surface area contributed by atoms with Crippen LogP contribution in [0.4, 0.5) is 0 Å². The van der Waals surface area contributed by atoms with Crippen molar-refractivity contribution < 1.29 is 19.1 Å². The maximum Gasteiger partial charge on any atom is 0.338 e. The van der Waals surface area contributed by atoms with Crippen LogP contribution in [0.15, 0.2) is 47.2 Å². The Labute approximate surface area is 171 Å². The Hall–Kier alpha value is -2.71. The minimum atomic E-state index is -0.878. The molecule has 0 fully saturated rings. The van der Waals surface area contributed by atoms with Crippen LogP contribution in [-0.2, 0) is 22.7 Å². The molecule has 1 amide bonds. The number of ether oxygens (including phenoxy) is 2. The molecule has 0 unspecified atom stereocenters. The van der Waals surface area contributed by atoms with E-state index in [1.165, 1.54) is 0 Å². The van der Waals surface area contributed by atoms with E-state index >= 15 is 0 Å². The molecule has 0 aliphatic heterocycles. The Morgan fingerprint density at radius 2 is 1.96 bits per heavy atom. The van der Waals surface area contributed by atoms with Crippen LogP contribution in [0, 0.1) is 6.92 Å². The fraction of sp³-hybridized carbons (Fsp3) is 0.250. The van der Waals surface area contributed by atoms with Crippen LogP contribution in [0.5, 0.6) is 5.75 Å². The van der Waals surface area contributed by atoms with E-state index in [2.05, 4.69) is 10.3 Å². The van der Waals surface area contributed by atoms with E-state index in [1.807, 2.05) is 29.8 Å². The molecule has 8 heteroatoms. The molecule has 2 heterocycles. The normalized spacial score (nSPS) is 11.6. The minimum Gasteiger partial charge on any atom is -0.487 e. The largest absolute Gasteiger partial charge is 0.487 e. The van der Waals surface area contributed by atoms with Crippen LogP contribution >= 0.6 is 22.7 Å². The number of hydrogen-bond donors (Lipinski definition) is 1. The lowest BCUT2D eigenvalue weighted by atomic mass is 10.2. The molecule has 2 aromatic heterocycles. The monoisotopic (exact) mass is 416 g/mol. The second-order valence-electron chi connectivity index (χ2n) is 6.02. The van der Waals surface area contributed by atoms with E-state index in [1.54, 1.807) is 53.9 Å². The number of amides is 1. The Kier molecular flexibility index (Phi) is 6.78. The molecule has 28 heavy (non-hydrogen) atoms. The molecule has 0 aliphatic rings. The highest BCUT2D eigenvalue weighted by Crippen LogP contribution is 2.16. The number of rotatable bonds is 8. The molecule has 0 aliphatic carbocycles. The van der Waals surface area contributed by atoms with Crippen molar-refractivity contribution >= 4 is 34.6 Å². The number of carbonyl (C=O) groups is 2. The third kappa shape index (κ3) is 5.64. The van der Waals surface area contributed by atoms with Crippen LogP contribution in [-0.4, -0.2) is 23.0 Å². The maximum atomic E-state index is 12.2. The number of hydrogen-bond acceptors (Lipinski definition) is 7. The summed E-state index contributed by atoms with van der Waals surface area (Å²) in [7, 11) is 0. The first-order chi connectivity index (χ1) is 13.5. The second kappa shape index (κ2) is 9.48. The average Bonchev–Trinajstić information content (AvgIpc) is 3.36. The number of aryl methyl sites for hydroxylation is 1. The van der Waals surface area contributed by atoms with Crippen LogP contribution in [0.1, 0.15) is 32.9 Å². The molecule has 146 valence electrons. The Balaban J connectivity index is 1.47. The zero-order valence-electron chi connectivity index (χ0n) is 15.5. The van der Waals surface area contributed by atoms with E-state index in [-0.39, 0.29) is 5.91 Å². The fourth-order valence-corrected chi connectivity index (χ4v) is 3.57. The molecule has 0 saturated heterocycles. The molecule has 0 spiro atoms. The van der Waals surface area contributed by atoms with E-state index in [4.69, 9.17) is 9.47 Å². The number of nitrogens with zero attached hydrogens (tertiary/aromatic N) is 1. The molecule has 3 rings (SSSR count). The Morgan fingerprint density at radius 1 is 1.18 bits per heavy atom. The summed E-state index contributed by atoms with van der Waals surface area (Å²) in [6.07, 6.45) is -0.878. The first-order valence-electron chi connectivity index (χ1n) is 8.66. The van der Waals surface area contributed by atoms with Gasteiger partial charge in [0.05, 0.1) is 22.8 Å². The molecule has 1 aromatic carbocycles. The standard InChI is InChI=1S/C20H20N2O4S2/c1-13(19(23)21-10-18-4-3-9-27-18)26-20(24)15-5-7-17(8-6-15)25-11-16-12-28-14(2)22-16/h3-9,12-13H,10-11H2,1-2H3,(H,21,23)/t13-/m1/s1. The van der Waals surface area contributed by atoms with Crippen LogP contribution in [0.25, 0.3) is 0 Å². The number of nitrogens with one attached hydrogen (secondary N) is 1. The number of carbonyl (C=O) groups excluding carboxylic acids is 2. The number of esters is 1. The van der Waals surface area contributed by atoms with Crippen molar-refractivity contribution in [2.24, 2.45) is 0 Å². The topological polar surface area (TPSA) is 77.5 Å². The van der Waals surface area contributed by atoms with E-state index in [0.717, 1.165) is 15.6 Å². The summed E-state index contributed by atoms with van der Waals surface area (Å²) in [5.41, 5.74) is 1.23. The van der Waals surface area contributed by atoms with Gasteiger partial charge in [-0.1, -0.05) is 6.07 Å². The predicted molar refractivity (Wildman–Crippen MR) is 109 cm³/mol. The van der Waals surface area contributed by atoms with Crippen molar-refractivity contribution in [2.75, 3.05) is 0 Å².